The van der Waals surface area contributed by atoms with E-state index in [0.29, 0.717) is 0 Å². The summed E-state index contributed by atoms with van der Waals surface area (Å²) < 4.78 is 0. The van der Waals surface area contributed by atoms with E-state index in [4.69, 9.17) is 0 Å². The average Bonchev–Trinajstić information content (AvgIpc) is 0.811. The van der Waals surface area contributed by atoms with Crippen LogP contribution in [0.2, 0.25) is 14.8 Å². The van der Waals surface area contributed by atoms with Crippen LogP contribution in [0.25, 0.3) is 0 Å². The van der Waals surface area contributed by atoms with Crippen LogP contribution in [0.5, 0.6) is 0 Å². The van der Waals surface area contributed by atoms with Gasteiger partial charge in [-0.3, -0.25) is 0 Å². The first-order valence-electron chi connectivity index (χ1n) is 1.50. The van der Waals surface area contributed by atoms with Crippen molar-refractivity contribution in [1.82, 2.24) is 0 Å². The summed E-state index contributed by atoms with van der Waals surface area (Å²) >= 11 is -0.543. The molecule has 0 saturated carbocycles. The summed E-state index contributed by atoms with van der Waals surface area (Å²) in [5, 5.41) is 0. The first-order valence-corrected chi connectivity index (χ1v) is 10.1. The van der Waals surface area contributed by atoms with Crippen LogP contribution < -0.4 is 0 Å². The Bertz CT molecular complexity index is 9.61. The minimum absolute atomic E-state index is 0. The van der Waals surface area contributed by atoms with Crippen LogP contribution in [-0.4, -0.2) is 43.7 Å². The molecule has 0 aromatic rings. The Labute approximate surface area is 58.0 Å². The third kappa shape index (κ3) is 28.4. The van der Waals surface area contributed by atoms with Gasteiger partial charge in [-0.15, -0.1) is 0 Å². The molecule has 0 bridgehead atoms. The zero-order chi connectivity index (χ0) is 3.58. The third-order valence-electron chi connectivity index (χ3n) is 0. The summed E-state index contributed by atoms with van der Waals surface area (Å²) in [6.45, 7) is 0. The second-order valence-electron chi connectivity index (χ2n) is 1.50. The zero-order valence-corrected chi connectivity index (χ0v) is 6.35. The van der Waals surface area contributed by atoms with Gasteiger partial charge in [-0.1, -0.05) is 0 Å². The van der Waals surface area contributed by atoms with Crippen LogP contribution in [0.15, 0.2) is 0 Å². The second-order valence-corrected chi connectivity index (χ2v) is 10.1. The fraction of sp³-hybridized carbons (Fsp3) is 1.00. The van der Waals surface area contributed by atoms with Gasteiger partial charge in [0, 0.05) is 0 Å². The van der Waals surface area contributed by atoms with Crippen molar-refractivity contribution in [2.45, 2.75) is 14.8 Å². The molecule has 0 nitrogen and oxygen atoms in total. The molecule has 0 aromatic carbocycles. The average molecular weight is 287 g/mol. The molecule has 2 heteroatoms. The number of hydrogen-bond donors (Lipinski definition) is 0. The normalized spacial score (nSPS) is 7.20. The summed E-state index contributed by atoms with van der Waals surface area (Å²) in [7, 11) is 0. The topological polar surface area (TPSA) is 0 Å². The maximum atomic E-state index is 2.36. The Kier molecular flexibility index (Phi) is 10.9. The van der Waals surface area contributed by atoms with E-state index in [2.05, 4.69) is 14.8 Å². The quantitative estimate of drug-likeness (QED) is 0.547. The van der Waals surface area contributed by atoms with Gasteiger partial charge in [0.25, 0.3) is 0 Å². The van der Waals surface area contributed by atoms with Gasteiger partial charge in [0.15, 0.2) is 0 Å². The molecule has 0 amide bonds. The molecule has 0 heterocycles. The van der Waals surface area contributed by atoms with Crippen molar-refractivity contribution in [2.24, 2.45) is 0 Å². The van der Waals surface area contributed by atoms with Crippen LogP contribution in [0.4, 0.5) is 0 Å². The van der Waals surface area contributed by atoms with E-state index >= 15 is 0 Å². The van der Waals surface area contributed by atoms with Crippen LogP contribution in [0.3, 0.4) is 0 Å². The molecule has 33 valence electrons. The molecule has 1 radical (unpaired) electrons. The fourth-order valence-electron chi connectivity index (χ4n) is 0. The van der Waals surface area contributed by atoms with E-state index < -0.39 is 19.8 Å². The molecule has 0 saturated heterocycles. The molecule has 0 unspecified atom stereocenters. The Morgan fingerprint density at radius 1 is 1.00 bits per heavy atom. The van der Waals surface area contributed by atoms with Crippen molar-refractivity contribution in [2.75, 3.05) is 0 Å². The summed E-state index contributed by atoms with van der Waals surface area (Å²) in [4.78, 5) is 7.09. The standard InChI is InChI=1S/3CH3.2Sn.4H/h3*1H3;;;;;;. The second kappa shape index (κ2) is 5.60. The zero-order valence-electron chi connectivity index (χ0n) is 3.50. The van der Waals surface area contributed by atoms with Gasteiger partial charge in [-0.2, -0.15) is 0 Å². The molecule has 0 rings (SSSR count). The van der Waals surface area contributed by atoms with Crippen LogP contribution in [0.1, 0.15) is 0 Å². The summed E-state index contributed by atoms with van der Waals surface area (Å²) in [5.41, 5.74) is 0. The van der Waals surface area contributed by atoms with Crippen LogP contribution >= 0.6 is 0 Å². The van der Waals surface area contributed by atoms with Crippen molar-refractivity contribution < 1.29 is 0 Å². The van der Waals surface area contributed by atoms with E-state index in [9.17, 15) is 0 Å². The molecule has 0 spiro atoms. The first-order chi connectivity index (χ1) is 1.73. The number of rotatable bonds is 0. The monoisotopic (exact) mass is 289 g/mol. The third-order valence-corrected chi connectivity index (χ3v) is 0. The fourth-order valence-corrected chi connectivity index (χ4v) is 0. The Morgan fingerprint density at radius 2 is 1.00 bits per heavy atom. The van der Waals surface area contributed by atoms with E-state index in [0.717, 1.165) is 0 Å². The van der Waals surface area contributed by atoms with E-state index in [1.165, 1.54) is 0 Å². The van der Waals surface area contributed by atoms with Crippen molar-refractivity contribution in [1.29, 1.82) is 0 Å². The van der Waals surface area contributed by atoms with Crippen LogP contribution in [-0.2, 0) is 0 Å². The van der Waals surface area contributed by atoms with Crippen molar-refractivity contribution in [3.8, 4) is 0 Å². The molecule has 0 aliphatic heterocycles. The van der Waals surface area contributed by atoms with Crippen molar-refractivity contribution in [3.63, 3.8) is 0 Å². The Balaban J connectivity index is 0. The molecule has 5 heavy (non-hydrogen) atoms. The Morgan fingerprint density at radius 3 is 1.00 bits per heavy atom. The molecular weight excluding hydrogens is 273 g/mol. The van der Waals surface area contributed by atoms with E-state index in [-0.39, 0.29) is 23.9 Å². The van der Waals surface area contributed by atoms with Gasteiger partial charge in [0.2, 0.25) is 0 Å². The predicted octanol–water partition coefficient (Wildman–Crippen LogP) is -0.0810. The van der Waals surface area contributed by atoms with Gasteiger partial charge in [0.1, 0.15) is 0 Å². The van der Waals surface area contributed by atoms with E-state index in [1.54, 1.807) is 0 Å². The molecule has 0 aliphatic rings. The molecule has 0 N–H and O–H groups in total. The van der Waals surface area contributed by atoms with Crippen molar-refractivity contribution >= 4 is 43.7 Å². The molecular formula is C3H13Sn2. The molecule has 0 aliphatic carbocycles. The van der Waals surface area contributed by atoms with Gasteiger partial charge in [-0.05, 0) is 0 Å². The van der Waals surface area contributed by atoms with Crippen LogP contribution in [0, 0.1) is 0 Å². The van der Waals surface area contributed by atoms with Gasteiger partial charge in [-0.25, -0.2) is 0 Å². The molecule has 0 aromatic heterocycles. The number of hydrogen-bond acceptors (Lipinski definition) is 0. The van der Waals surface area contributed by atoms with E-state index in [1.807, 2.05) is 0 Å². The minimum atomic E-state index is -0.543. The van der Waals surface area contributed by atoms with Crippen molar-refractivity contribution in [3.05, 3.63) is 0 Å². The summed E-state index contributed by atoms with van der Waals surface area (Å²) in [6.07, 6.45) is 0. The SMILES string of the molecule is [CH3][Sn]([CH3])[CH3].[SnH4]. The van der Waals surface area contributed by atoms with Gasteiger partial charge < -0.3 is 0 Å². The van der Waals surface area contributed by atoms with Gasteiger partial charge in [0.05, 0.1) is 0 Å². The first kappa shape index (κ1) is 9.78. The predicted molar refractivity (Wildman–Crippen MR) is 34.7 cm³/mol. The Hall–Kier alpha value is 1.60. The maximum absolute atomic E-state index is 2.36. The summed E-state index contributed by atoms with van der Waals surface area (Å²) in [6, 6.07) is 0. The molecule has 0 fully saturated rings. The van der Waals surface area contributed by atoms with Gasteiger partial charge >= 0.3 is 58.5 Å². The molecule has 0 atom stereocenters. The summed E-state index contributed by atoms with van der Waals surface area (Å²) in [5.74, 6) is 0.